The third kappa shape index (κ3) is 6.28. The van der Waals surface area contributed by atoms with E-state index in [-0.39, 0.29) is 17.5 Å². The molecule has 0 spiro atoms. The molecule has 0 saturated heterocycles. The van der Waals surface area contributed by atoms with Crippen LogP contribution in [0.1, 0.15) is 64.2 Å². The number of ether oxygens (including phenoxy) is 2. The molecule has 0 heterocycles. The summed E-state index contributed by atoms with van der Waals surface area (Å²) in [4.78, 5) is 0. The molecule has 2 aromatic rings. The highest BCUT2D eigenvalue weighted by atomic mass is 31.1. The molecule has 0 radical (unpaired) electrons. The van der Waals surface area contributed by atoms with Gasteiger partial charge in [-0.25, -0.2) is 0 Å². The summed E-state index contributed by atoms with van der Waals surface area (Å²) in [6.07, 6.45) is 2.13. The molecule has 0 saturated carbocycles. The first-order valence-corrected chi connectivity index (χ1v) is 11.6. The monoisotopic (exact) mass is 415 g/mol. The van der Waals surface area contributed by atoms with Crippen molar-refractivity contribution in [2.45, 2.75) is 71.6 Å². The Morgan fingerprint density at radius 1 is 0.966 bits per heavy atom. The van der Waals surface area contributed by atoms with Gasteiger partial charge in [-0.1, -0.05) is 64.9 Å². The summed E-state index contributed by atoms with van der Waals surface area (Å²) < 4.78 is 11.3. The molecule has 0 bridgehead atoms. The fraction of sp³-hybridized carbons (Fsp3) is 0.520. The van der Waals surface area contributed by atoms with Gasteiger partial charge in [-0.2, -0.15) is 0 Å². The average Bonchev–Trinajstić information content (AvgIpc) is 2.70. The van der Waals surface area contributed by atoms with E-state index < -0.39 is 0 Å². The Hall–Kier alpha value is -1.41. The molecule has 2 rings (SSSR count). The fourth-order valence-electron chi connectivity index (χ4n) is 3.63. The van der Waals surface area contributed by atoms with Gasteiger partial charge >= 0.3 is 0 Å². The molecule has 0 amide bonds. The summed E-state index contributed by atoms with van der Waals surface area (Å²) in [5, 5.41) is 5.14. The minimum Gasteiger partial charge on any atom is -0.467 e. The normalized spacial score (nSPS) is 12.7. The Balaban J connectivity index is 2.45. The van der Waals surface area contributed by atoms with E-state index in [1.807, 2.05) is 0 Å². The van der Waals surface area contributed by atoms with Crippen molar-refractivity contribution in [3.8, 4) is 5.75 Å². The van der Waals surface area contributed by atoms with Crippen LogP contribution in [-0.4, -0.2) is 19.4 Å². The second kappa shape index (κ2) is 10.6. The number of nitrogens with one attached hydrogen (secondary N) is 1. The zero-order valence-corrected chi connectivity index (χ0v) is 20.2. The first-order valence-electron chi connectivity index (χ1n) is 10.6. The first-order chi connectivity index (χ1) is 13.8. The van der Waals surface area contributed by atoms with Crippen LogP contribution in [0.5, 0.6) is 5.75 Å². The summed E-state index contributed by atoms with van der Waals surface area (Å²) in [6.45, 7) is 14.5. The summed E-state index contributed by atoms with van der Waals surface area (Å²) in [7, 11) is 2.34. The van der Waals surface area contributed by atoms with Gasteiger partial charge in [-0.15, -0.1) is 0 Å². The quantitative estimate of drug-likeness (QED) is 0.388. The van der Waals surface area contributed by atoms with E-state index in [1.54, 1.807) is 7.11 Å². The third-order valence-electron chi connectivity index (χ3n) is 5.46. The molecule has 0 fully saturated rings. The van der Waals surface area contributed by atoms with E-state index in [0.717, 1.165) is 25.1 Å². The molecule has 2 aromatic carbocycles. The zero-order valence-electron chi connectivity index (χ0n) is 19.2. The minimum absolute atomic E-state index is 0.0485. The van der Waals surface area contributed by atoms with Gasteiger partial charge in [0.1, 0.15) is 5.75 Å². The van der Waals surface area contributed by atoms with Crippen LogP contribution in [0.25, 0.3) is 0 Å². The number of rotatable bonds is 10. The molecule has 29 heavy (non-hydrogen) atoms. The number of hydrogen-bond donors (Lipinski definition) is 1. The van der Waals surface area contributed by atoms with Gasteiger partial charge in [0.2, 0.25) is 0 Å². The first kappa shape index (κ1) is 23.9. The summed E-state index contributed by atoms with van der Waals surface area (Å²) in [5.74, 6) is 0.982. The molecule has 1 unspecified atom stereocenters. The Labute approximate surface area is 179 Å². The van der Waals surface area contributed by atoms with Crippen LogP contribution in [0.2, 0.25) is 0 Å². The molecule has 0 aromatic heterocycles. The number of para-hydroxylation sites is 1. The lowest BCUT2D eigenvalue weighted by molar-refractivity contribution is 0.0494. The molecule has 160 valence electrons. The van der Waals surface area contributed by atoms with Gasteiger partial charge in [0.15, 0.2) is 6.79 Å². The van der Waals surface area contributed by atoms with Crippen molar-refractivity contribution in [3.63, 3.8) is 0 Å². The molecule has 0 aliphatic rings. The van der Waals surface area contributed by atoms with Crippen LogP contribution in [0, 0.1) is 6.92 Å². The van der Waals surface area contributed by atoms with Gasteiger partial charge in [-0.05, 0) is 57.0 Å². The smallest absolute Gasteiger partial charge is 0.188 e. The lowest BCUT2D eigenvalue weighted by Gasteiger charge is -2.35. The predicted molar refractivity (Wildman–Crippen MR) is 127 cm³/mol. The van der Waals surface area contributed by atoms with Crippen molar-refractivity contribution in [1.29, 1.82) is 0 Å². The number of aryl methyl sites for hydroxylation is 1. The number of hydrogen-bond acceptors (Lipinski definition) is 3. The second-order valence-electron chi connectivity index (χ2n) is 8.68. The molecule has 1 N–H and O–H groups in total. The minimum atomic E-state index is 0.0485. The SMILES string of the molecule is CCC(CC)(Pc1ccccc1CNC(C)(C)C)c1cccc(C)c1OCOC. The molecular weight excluding hydrogens is 377 g/mol. The van der Waals surface area contributed by atoms with E-state index in [1.165, 1.54) is 22.0 Å². The maximum atomic E-state index is 6.06. The van der Waals surface area contributed by atoms with Crippen molar-refractivity contribution in [2.75, 3.05) is 13.9 Å². The molecule has 0 aliphatic carbocycles. The van der Waals surface area contributed by atoms with E-state index in [0.29, 0.717) is 8.58 Å². The Morgan fingerprint density at radius 2 is 1.66 bits per heavy atom. The van der Waals surface area contributed by atoms with Gasteiger partial charge in [0, 0.05) is 29.9 Å². The maximum absolute atomic E-state index is 6.06. The van der Waals surface area contributed by atoms with Crippen LogP contribution in [-0.2, 0) is 16.4 Å². The Bertz CT molecular complexity index is 779. The van der Waals surface area contributed by atoms with Gasteiger partial charge in [-0.3, -0.25) is 0 Å². The summed E-state index contributed by atoms with van der Waals surface area (Å²) >= 11 is 0. The molecule has 3 nitrogen and oxygen atoms in total. The van der Waals surface area contributed by atoms with Crippen LogP contribution in [0.4, 0.5) is 0 Å². The topological polar surface area (TPSA) is 30.5 Å². The lowest BCUT2D eigenvalue weighted by Crippen LogP contribution is -2.36. The molecular formula is C25H38NO2P. The fourth-order valence-corrected chi connectivity index (χ4v) is 5.34. The van der Waals surface area contributed by atoms with Crippen LogP contribution >= 0.6 is 8.58 Å². The van der Waals surface area contributed by atoms with Gasteiger partial charge in [0.05, 0.1) is 0 Å². The van der Waals surface area contributed by atoms with Crippen molar-refractivity contribution in [2.24, 2.45) is 0 Å². The third-order valence-corrected chi connectivity index (χ3v) is 7.67. The highest BCUT2D eigenvalue weighted by Crippen LogP contribution is 2.51. The van der Waals surface area contributed by atoms with Crippen LogP contribution < -0.4 is 15.4 Å². The standard InChI is InChI=1S/C25H38NO2P/c1-8-25(9-2,21-15-12-13-19(3)23(21)28-18-27-7)29-22-16-11-10-14-20(22)17-26-24(4,5)6/h10-16,26,29H,8-9,17-18H2,1-7H3. The van der Waals surface area contributed by atoms with Crippen molar-refractivity contribution >= 4 is 13.9 Å². The largest absolute Gasteiger partial charge is 0.467 e. The summed E-state index contributed by atoms with van der Waals surface area (Å²) in [6, 6.07) is 15.4. The molecule has 1 atom stereocenters. The predicted octanol–water partition coefficient (Wildman–Crippen LogP) is 5.89. The second-order valence-corrected chi connectivity index (χ2v) is 10.4. The van der Waals surface area contributed by atoms with E-state index in [4.69, 9.17) is 9.47 Å². The average molecular weight is 416 g/mol. The summed E-state index contributed by atoms with van der Waals surface area (Å²) in [5.41, 5.74) is 3.95. The van der Waals surface area contributed by atoms with Crippen molar-refractivity contribution < 1.29 is 9.47 Å². The molecule has 0 aliphatic heterocycles. The van der Waals surface area contributed by atoms with Crippen LogP contribution in [0.3, 0.4) is 0 Å². The number of methoxy groups -OCH3 is 1. The van der Waals surface area contributed by atoms with E-state index in [2.05, 4.69) is 89.3 Å². The van der Waals surface area contributed by atoms with E-state index in [9.17, 15) is 0 Å². The van der Waals surface area contributed by atoms with Crippen molar-refractivity contribution in [1.82, 2.24) is 5.32 Å². The van der Waals surface area contributed by atoms with Gasteiger partial charge in [0.25, 0.3) is 0 Å². The lowest BCUT2D eigenvalue weighted by atomic mass is 9.90. The maximum Gasteiger partial charge on any atom is 0.188 e. The zero-order chi connectivity index (χ0) is 21.5. The molecule has 4 heteroatoms. The van der Waals surface area contributed by atoms with Crippen molar-refractivity contribution in [3.05, 3.63) is 59.2 Å². The van der Waals surface area contributed by atoms with Crippen LogP contribution in [0.15, 0.2) is 42.5 Å². The number of benzene rings is 2. The highest BCUT2D eigenvalue weighted by molar-refractivity contribution is 7.48. The highest BCUT2D eigenvalue weighted by Gasteiger charge is 2.33. The Morgan fingerprint density at radius 3 is 2.28 bits per heavy atom. The van der Waals surface area contributed by atoms with E-state index >= 15 is 0 Å². The van der Waals surface area contributed by atoms with Gasteiger partial charge < -0.3 is 14.8 Å². The Kier molecular flexibility index (Phi) is 8.70.